The van der Waals surface area contributed by atoms with Crippen LogP contribution in [0, 0.1) is 6.92 Å². The second-order valence-corrected chi connectivity index (χ2v) is 6.96. The van der Waals surface area contributed by atoms with Crippen LogP contribution in [-0.2, 0) is 0 Å². The summed E-state index contributed by atoms with van der Waals surface area (Å²) < 4.78 is 10.7. The number of aryl methyl sites for hydroxylation is 1. The molecular weight excluding hydrogens is 364 g/mol. The second-order valence-electron chi connectivity index (χ2n) is 6.96. The first-order valence-electron chi connectivity index (χ1n) is 9.35. The summed E-state index contributed by atoms with van der Waals surface area (Å²) in [5.74, 6) is 1.11. The number of nitrogens with zero attached hydrogens (tertiary/aromatic N) is 1. The molecule has 2 heterocycles. The van der Waals surface area contributed by atoms with Gasteiger partial charge in [0, 0.05) is 22.7 Å². The molecule has 5 rings (SSSR count). The van der Waals surface area contributed by atoms with E-state index in [1.54, 1.807) is 18.2 Å². The maximum atomic E-state index is 13.2. The van der Waals surface area contributed by atoms with Gasteiger partial charge in [0.2, 0.25) is 6.79 Å². The summed E-state index contributed by atoms with van der Waals surface area (Å²) in [5.41, 5.74) is 4.89. The molecule has 1 aliphatic rings. The summed E-state index contributed by atoms with van der Waals surface area (Å²) in [4.78, 5) is 17.9. The normalized spacial score (nSPS) is 12.2. The molecule has 1 N–H and O–H groups in total. The van der Waals surface area contributed by atoms with Crippen LogP contribution in [0.2, 0.25) is 0 Å². The Balaban J connectivity index is 1.57. The van der Waals surface area contributed by atoms with E-state index in [4.69, 9.17) is 14.5 Å². The third kappa shape index (κ3) is 3.27. The van der Waals surface area contributed by atoms with Crippen LogP contribution in [0.1, 0.15) is 15.9 Å². The standard InChI is InChI=1S/C24H18N2O3/c1-15-5-4-6-16(11-15)21-13-19(18-7-2-3-8-20(18)26-21)24(27)25-17-9-10-22-23(12-17)29-14-28-22/h2-13H,14H2,1H3,(H,25,27). The number of para-hydroxylation sites is 1. The van der Waals surface area contributed by atoms with Crippen LogP contribution in [0.5, 0.6) is 11.5 Å². The largest absolute Gasteiger partial charge is 0.454 e. The van der Waals surface area contributed by atoms with Gasteiger partial charge in [0.15, 0.2) is 11.5 Å². The Morgan fingerprint density at radius 2 is 1.79 bits per heavy atom. The van der Waals surface area contributed by atoms with Crippen LogP contribution in [0.25, 0.3) is 22.2 Å². The van der Waals surface area contributed by atoms with Gasteiger partial charge in [-0.15, -0.1) is 0 Å². The van der Waals surface area contributed by atoms with Crippen LogP contribution < -0.4 is 14.8 Å². The third-order valence-electron chi connectivity index (χ3n) is 4.91. The number of anilines is 1. The summed E-state index contributed by atoms with van der Waals surface area (Å²) in [6.45, 7) is 2.24. The number of hydrogen-bond acceptors (Lipinski definition) is 4. The molecule has 1 aliphatic heterocycles. The molecule has 0 spiro atoms. The maximum Gasteiger partial charge on any atom is 0.256 e. The molecule has 1 amide bonds. The SMILES string of the molecule is Cc1cccc(-c2cc(C(=O)Nc3ccc4c(c3)OCO4)c3ccccc3n2)c1. The van der Waals surface area contributed by atoms with Crippen LogP contribution in [-0.4, -0.2) is 17.7 Å². The lowest BCUT2D eigenvalue weighted by molar-refractivity contribution is 0.102. The Labute approximate surface area is 167 Å². The van der Waals surface area contributed by atoms with E-state index in [0.29, 0.717) is 22.7 Å². The average molecular weight is 382 g/mol. The number of carbonyl (C=O) groups is 1. The molecule has 0 atom stereocenters. The van der Waals surface area contributed by atoms with Gasteiger partial charge in [0.25, 0.3) is 5.91 Å². The first-order valence-corrected chi connectivity index (χ1v) is 9.35. The van der Waals surface area contributed by atoms with Crippen molar-refractivity contribution in [1.29, 1.82) is 0 Å². The highest BCUT2D eigenvalue weighted by Gasteiger charge is 2.17. The molecule has 142 valence electrons. The van der Waals surface area contributed by atoms with Gasteiger partial charge in [0.05, 0.1) is 16.8 Å². The van der Waals surface area contributed by atoms with Crippen LogP contribution in [0.3, 0.4) is 0 Å². The molecule has 0 aliphatic carbocycles. The zero-order chi connectivity index (χ0) is 19.8. The second kappa shape index (κ2) is 6.95. The number of rotatable bonds is 3. The smallest absolute Gasteiger partial charge is 0.256 e. The highest BCUT2D eigenvalue weighted by Crippen LogP contribution is 2.34. The molecule has 1 aromatic heterocycles. The number of pyridine rings is 1. The minimum atomic E-state index is -0.198. The molecule has 0 saturated heterocycles. The summed E-state index contributed by atoms with van der Waals surface area (Å²) >= 11 is 0. The van der Waals surface area contributed by atoms with Crippen molar-refractivity contribution in [1.82, 2.24) is 4.98 Å². The molecule has 0 radical (unpaired) electrons. The number of ether oxygens (including phenoxy) is 2. The minimum Gasteiger partial charge on any atom is -0.454 e. The molecule has 5 nitrogen and oxygen atoms in total. The molecule has 0 saturated carbocycles. The van der Waals surface area contributed by atoms with E-state index in [2.05, 4.69) is 11.4 Å². The Morgan fingerprint density at radius 1 is 0.931 bits per heavy atom. The van der Waals surface area contributed by atoms with Gasteiger partial charge in [-0.3, -0.25) is 4.79 Å². The number of fused-ring (bicyclic) bond motifs is 2. The lowest BCUT2D eigenvalue weighted by atomic mass is 10.0. The van der Waals surface area contributed by atoms with Crippen molar-refractivity contribution in [2.24, 2.45) is 0 Å². The molecule has 0 fully saturated rings. The first kappa shape index (κ1) is 17.3. The Hall–Kier alpha value is -3.86. The molecule has 29 heavy (non-hydrogen) atoms. The number of benzene rings is 3. The van der Waals surface area contributed by atoms with Crippen LogP contribution in [0.4, 0.5) is 5.69 Å². The molecule has 5 heteroatoms. The molecule has 4 aromatic rings. The van der Waals surface area contributed by atoms with E-state index in [9.17, 15) is 4.79 Å². The van der Waals surface area contributed by atoms with E-state index in [0.717, 1.165) is 27.7 Å². The predicted molar refractivity (Wildman–Crippen MR) is 112 cm³/mol. The lowest BCUT2D eigenvalue weighted by Gasteiger charge is -2.11. The van der Waals surface area contributed by atoms with E-state index in [-0.39, 0.29) is 12.7 Å². The van der Waals surface area contributed by atoms with Gasteiger partial charge in [-0.2, -0.15) is 0 Å². The molecule has 0 bridgehead atoms. The van der Waals surface area contributed by atoms with E-state index >= 15 is 0 Å². The van der Waals surface area contributed by atoms with Crippen LogP contribution >= 0.6 is 0 Å². The lowest BCUT2D eigenvalue weighted by Crippen LogP contribution is -2.13. The molecule has 3 aromatic carbocycles. The van der Waals surface area contributed by atoms with E-state index in [1.165, 1.54) is 0 Å². The predicted octanol–water partition coefficient (Wildman–Crippen LogP) is 5.19. The maximum absolute atomic E-state index is 13.2. The van der Waals surface area contributed by atoms with Crippen molar-refractivity contribution in [3.8, 4) is 22.8 Å². The van der Waals surface area contributed by atoms with Gasteiger partial charge in [-0.05, 0) is 37.3 Å². The molecule has 0 unspecified atom stereocenters. The summed E-state index contributed by atoms with van der Waals surface area (Å²) in [6, 6.07) is 23.0. The van der Waals surface area contributed by atoms with Crippen molar-refractivity contribution in [2.75, 3.05) is 12.1 Å². The first-order chi connectivity index (χ1) is 14.2. The number of nitrogens with one attached hydrogen (secondary N) is 1. The fourth-order valence-electron chi connectivity index (χ4n) is 3.49. The highest BCUT2D eigenvalue weighted by atomic mass is 16.7. The average Bonchev–Trinajstić information content (AvgIpc) is 3.21. The van der Waals surface area contributed by atoms with Gasteiger partial charge in [-0.25, -0.2) is 4.98 Å². The highest BCUT2D eigenvalue weighted by molar-refractivity contribution is 6.13. The number of aromatic nitrogens is 1. The van der Waals surface area contributed by atoms with Crippen molar-refractivity contribution in [3.05, 3.63) is 83.9 Å². The fourth-order valence-corrected chi connectivity index (χ4v) is 3.49. The quantitative estimate of drug-likeness (QED) is 0.530. The number of carbonyl (C=O) groups excluding carboxylic acids is 1. The Kier molecular flexibility index (Phi) is 4.13. The third-order valence-corrected chi connectivity index (χ3v) is 4.91. The van der Waals surface area contributed by atoms with Crippen molar-refractivity contribution >= 4 is 22.5 Å². The fraction of sp³-hybridized carbons (Fsp3) is 0.0833. The van der Waals surface area contributed by atoms with E-state index in [1.807, 2.05) is 55.5 Å². The Bertz CT molecular complexity index is 1250. The van der Waals surface area contributed by atoms with Crippen molar-refractivity contribution < 1.29 is 14.3 Å². The zero-order valence-electron chi connectivity index (χ0n) is 15.8. The van der Waals surface area contributed by atoms with Gasteiger partial charge < -0.3 is 14.8 Å². The van der Waals surface area contributed by atoms with Gasteiger partial charge in [-0.1, -0.05) is 42.0 Å². The summed E-state index contributed by atoms with van der Waals surface area (Å²) in [6.07, 6.45) is 0. The summed E-state index contributed by atoms with van der Waals surface area (Å²) in [5, 5.41) is 3.78. The summed E-state index contributed by atoms with van der Waals surface area (Å²) in [7, 11) is 0. The van der Waals surface area contributed by atoms with E-state index < -0.39 is 0 Å². The number of hydrogen-bond donors (Lipinski definition) is 1. The topological polar surface area (TPSA) is 60.5 Å². The van der Waals surface area contributed by atoms with Crippen molar-refractivity contribution in [3.63, 3.8) is 0 Å². The zero-order valence-corrected chi connectivity index (χ0v) is 15.8. The van der Waals surface area contributed by atoms with Gasteiger partial charge >= 0.3 is 0 Å². The Morgan fingerprint density at radius 3 is 2.69 bits per heavy atom. The van der Waals surface area contributed by atoms with Gasteiger partial charge in [0.1, 0.15) is 0 Å². The molecular formula is C24H18N2O3. The van der Waals surface area contributed by atoms with Crippen molar-refractivity contribution in [2.45, 2.75) is 6.92 Å². The minimum absolute atomic E-state index is 0.196. The van der Waals surface area contributed by atoms with Crippen LogP contribution in [0.15, 0.2) is 72.8 Å². The monoisotopic (exact) mass is 382 g/mol. The number of amides is 1.